The molecule has 3 heterocycles. The smallest absolute Gasteiger partial charge is 0.422 e. The number of ether oxygens (including phenoxy) is 1. The summed E-state index contributed by atoms with van der Waals surface area (Å²) in [5.74, 6) is -2.66. The lowest BCUT2D eigenvalue weighted by atomic mass is 9.86. The molecule has 0 spiro atoms. The van der Waals surface area contributed by atoms with Crippen LogP contribution < -0.4 is 10.5 Å². The molecule has 0 saturated carbocycles. The van der Waals surface area contributed by atoms with E-state index >= 15 is 0 Å². The number of aromatic nitrogens is 2. The number of halogens is 6. The van der Waals surface area contributed by atoms with Crippen LogP contribution >= 0.6 is 0 Å². The Labute approximate surface area is 202 Å². The zero-order valence-corrected chi connectivity index (χ0v) is 19.5. The monoisotopic (exact) mass is 534 g/mol. The number of fused-ring (bicyclic) bond motifs is 2. The van der Waals surface area contributed by atoms with Gasteiger partial charge in [-0.1, -0.05) is 6.07 Å². The summed E-state index contributed by atoms with van der Waals surface area (Å²) in [5.41, 5.74) is 3.82. The fourth-order valence-electron chi connectivity index (χ4n) is 4.57. The van der Waals surface area contributed by atoms with E-state index in [4.69, 9.17) is 5.73 Å². The van der Waals surface area contributed by atoms with E-state index in [0.717, 1.165) is 24.5 Å². The number of benzene rings is 1. The van der Waals surface area contributed by atoms with Gasteiger partial charge in [0, 0.05) is 5.56 Å². The number of alkyl halides is 4. The maximum atomic E-state index is 14.9. The Balaban J connectivity index is 1.66. The molecule has 0 aliphatic carbocycles. The second-order valence-corrected chi connectivity index (χ2v) is 11.2. The van der Waals surface area contributed by atoms with E-state index in [0.29, 0.717) is 0 Å². The molecule has 1 fully saturated rings. The molecule has 1 saturated heterocycles. The molecular weight excluding hydrogens is 514 g/mol. The Bertz CT molecular complexity index is 1350. The van der Waals surface area contributed by atoms with Crippen LogP contribution in [0.1, 0.15) is 36.6 Å². The first-order chi connectivity index (χ1) is 16.7. The summed E-state index contributed by atoms with van der Waals surface area (Å²) in [6, 6.07) is 3.43. The third kappa shape index (κ3) is 4.20. The number of rotatable bonds is 6. The second-order valence-electron chi connectivity index (χ2n) is 8.72. The molecule has 2 aliphatic rings. The number of hydrogen-bond donors (Lipinski definition) is 1. The molecule has 2 aliphatic heterocycles. The SMILES string of the molecule is C[C@]1(c2cc(/C=C(\F)c3cnc(OCC(F)(F)F)cn3)ccc2F)N=C(N)[C@@]2(CF)CC[C@@H]1S2(=O)=O. The average Bonchev–Trinajstić information content (AvgIpc) is 3.02. The maximum absolute atomic E-state index is 14.9. The summed E-state index contributed by atoms with van der Waals surface area (Å²) < 4.78 is 109. The van der Waals surface area contributed by atoms with Crippen LogP contribution in [0.4, 0.5) is 26.3 Å². The second kappa shape index (κ2) is 8.75. The molecule has 2 bridgehead atoms. The average molecular weight is 534 g/mol. The molecule has 14 heteroatoms. The van der Waals surface area contributed by atoms with Gasteiger partial charge in [-0.05, 0) is 43.5 Å². The van der Waals surface area contributed by atoms with Crippen LogP contribution in [0.5, 0.6) is 5.88 Å². The van der Waals surface area contributed by atoms with Crippen molar-refractivity contribution in [3.05, 3.63) is 53.2 Å². The molecule has 3 atom stereocenters. The van der Waals surface area contributed by atoms with Gasteiger partial charge in [-0.25, -0.2) is 31.6 Å². The number of sulfone groups is 1. The zero-order valence-electron chi connectivity index (χ0n) is 18.7. The van der Waals surface area contributed by atoms with Gasteiger partial charge >= 0.3 is 6.18 Å². The fourth-order valence-corrected chi connectivity index (χ4v) is 7.22. The van der Waals surface area contributed by atoms with E-state index in [1.165, 1.54) is 19.1 Å². The minimum Gasteiger partial charge on any atom is -0.467 e. The van der Waals surface area contributed by atoms with Gasteiger partial charge in [-0.15, -0.1) is 0 Å². The van der Waals surface area contributed by atoms with Gasteiger partial charge in [0.1, 0.15) is 29.6 Å². The highest BCUT2D eigenvalue weighted by Crippen LogP contribution is 2.52. The maximum Gasteiger partial charge on any atom is 0.422 e. The van der Waals surface area contributed by atoms with Crippen molar-refractivity contribution < 1.29 is 39.5 Å². The molecule has 194 valence electrons. The fraction of sp³-hybridized carbons (Fsp3) is 0.409. The summed E-state index contributed by atoms with van der Waals surface area (Å²) in [4.78, 5) is 11.5. The standard InChI is InChI=1S/C22H20F6N4O3S/c1-20(17-4-5-21(10-23,19(29)32-20)36(17,33)34)13-6-12(2-3-14(13)24)7-15(25)16-8-31-18(9-30-16)35-11-22(26,27)28/h2-3,6-9,17H,4-5,10-11H2,1H3,(H2,29,32)/b15-7-/t17-,20+,21-/m0/s1. The van der Waals surface area contributed by atoms with Crippen molar-refractivity contribution in [1.29, 1.82) is 0 Å². The van der Waals surface area contributed by atoms with Crippen LogP contribution in [-0.2, 0) is 15.4 Å². The first-order valence-electron chi connectivity index (χ1n) is 10.6. The molecule has 2 N–H and O–H groups in total. The molecule has 1 aromatic heterocycles. The van der Waals surface area contributed by atoms with E-state index in [2.05, 4.69) is 19.7 Å². The zero-order chi connectivity index (χ0) is 26.5. The normalized spacial score (nSPS) is 27.6. The van der Waals surface area contributed by atoms with Crippen LogP contribution in [0.2, 0.25) is 0 Å². The van der Waals surface area contributed by atoms with Crippen molar-refractivity contribution in [2.45, 2.75) is 41.5 Å². The molecule has 0 unspecified atom stereocenters. The minimum absolute atomic E-state index is 0.0131. The highest BCUT2D eigenvalue weighted by Gasteiger charge is 2.65. The summed E-state index contributed by atoms with van der Waals surface area (Å²) in [6.45, 7) is -1.45. The molecule has 2 aromatic rings. The van der Waals surface area contributed by atoms with Gasteiger partial charge in [-0.3, -0.25) is 4.99 Å². The van der Waals surface area contributed by atoms with Crippen LogP contribution in [0.3, 0.4) is 0 Å². The lowest BCUT2D eigenvalue weighted by molar-refractivity contribution is -0.154. The molecule has 4 rings (SSSR count). The summed E-state index contributed by atoms with van der Waals surface area (Å²) in [5, 5.41) is -1.23. The lowest BCUT2D eigenvalue weighted by Crippen LogP contribution is -2.58. The van der Waals surface area contributed by atoms with Gasteiger partial charge in [0.15, 0.2) is 27.0 Å². The topological polar surface area (TPSA) is 108 Å². The van der Waals surface area contributed by atoms with E-state index in [1.54, 1.807) is 0 Å². The van der Waals surface area contributed by atoms with Gasteiger partial charge in [0.05, 0.1) is 17.6 Å². The summed E-state index contributed by atoms with van der Waals surface area (Å²) in [7, 11) is -4.15. The van der Waals surface area contributed by atoms with Gasteiger partial charge < -0.3 is 10.5 Å². The van der Waals surface area contributed by atoms with Crippen molar-refractivity contribution in [3.63, 3.8) is 0 Å². The Morgan fingerprint density at radius 1 is 1.28 bits per heavy atom. The van der Waals surface area contributed by atoms with Gasteiger partial charge in [0.2, 0.25) is 5.88 Å². The van der Waals surface area contributed by atoms with Gasteiger partial charge in [-0.2, -0.15) is 13.2 Å². The number of hydrogen-bond acceptors (Lipinski definition) is 7. The minimum atomic E-state index is -4.58. The van der Waals surface area contributed by atoms with Crippen molar-refractivity contribution in [3.8, 4) is 5.88 Å². The molecule has 36 heavy (non-hydrogen) atoms. The molecule has 0 radical (unpaired) electrons. The largest absolute Gasteiger partial charge is 0.467 e. The number of aliphatic imine (C=N–C) groups is 1. The molecule has 1 aromatic carbocycles. The first kappa shape index (κ1) is 25.9. The van der Waals surface area contributed by atoms with E-state index in [-0.39, 0.29) is 29.7 Å². The summed E-state index contributed by atoms with van der Waals surface area (Å²) >= 11 is 0. The third-order valence-corrected chi connectivity index (χ3v) is 9.53. The Morgan fingerprint density at radius 3 is 2.61 bits per heavy atom. The van der Waals surface area contributed by atoms with E-state index < -0.39 is 68.2 Å². The first-order valence-corrected chi connectivity index (χ1v) is 12.1. The van der Waals surface area contributed by atoms with Crippen molar-refractivity contribution in [2.24, 2.45) is 10.7 Å². The van der Waals surface area contributed by atoms with Gasteiger partial charge in [0.25, 0.3) is 0 Å². The predicted molar refractivity (Wildman–Crippen MR) is 119 cm³/mol. The number of amidine groups is 1. The van der Waals surface area contributed by atoms with Crippen LogP contribution in [0, 0.1) is 5.82 Å². The highest BCUT2D eigenvalue weighted by atomic mass is 32.2. The Morgan fingerprint density at radius 2 is 2.00 bits per heavy atom. The molecule has 7 nitrogen and oxygen atoms in total. The van der Waals surface area contributed by atoms with E-state index in [1.807, 2.05) is 0 Å². The lowest BCUT2D eigenvalue weighted by Gasteiger charge is -2.39. The Hall–Kier alpha value is -3.16. The van der Waals surface area contributed by atoms with E-state index in [9.17, 15) is 34.8 Å². The molecule has 0 amide bonds. The molecular formula is C22H20F6N4O3S. The predicted octanol–water partition coefficient (Wildman–Crippen LogP) is 3.90. The summed E-state index contributed by atoms with van der Waals surface area (Å²) in [6.07, 6.45) is -2.03. The van der Waals surface area contributed by atoms with Crippen molar-refractivity contribution in [1.82, 2.24) is 9.97 Å². The third-order valence-electron chi connectivity index (χ3n) is 6.48. The van der Waals surface area contributed by atoms with Crippen molar-refractivity contribution >= 4 is 27.6 Å². The van der Waals surface area contributed by atoms with Crippen molar-refractivity contribution in [2.75, 3.05) is 13.3 Å². The van der Waals surface area contributed by atoms with Crippen LogP contribution in [0.25, 0.3) is 11.9 Å². The highest BCUT2D eigenvalue weighted by molar-refractivity contribution is 7.94. The number of nitrogens with two attached hydrogens (primary N) is 1. The van der Waals surface area contributed by atoms with Crippen LogP contribution in [-0.4, -0.2) is 53.7 Å². The number of nitrogens with zero attached hydrogens (tertiary/aromatic N) is 3. The quantitative estimate of drug-likeness (QED) is 0.564. The van der Waals surface area contributed by atoms with Crippen LogP contribution in [0.15, 0.2) is 35.6 Å². The Kier molecular flexibility index (Phi) is 6.30.